The second-order valence-corrected chi connectivity index (χ2v) is 4.87. The fourth-order valence-corrected chi connectivity index (χ4v) is 1.92. The van der Waals surface area contributed by atoms with Crippen LogP contribution in [0.15, 0.2) is 18.2 Å². The first-order valence-electron chi connectivity index (χ1n) is 4.92. The number of nitro groups is 1. The van der Waals surface area contributed by atoms with Crippen LogP contribution in [-0.4, -0.2) is 14.5 Å². The Labute approximate surface area is 111 Å². The molecule has 0 aliphatic carbocycles. The Morgan fingerprint density at radius 1 is 1.56 bits per heavy atom. The van der Waals surface area contributed by atoms with E-state index < -0.39 is 4.92 Å². The summed E-state index contributed by atoms with van der Waals surface area (Å²) in [6, 6.07) is 4.67. The molecule has 18 heavy (non-hydrogen) atoms. The fourth-order valence-electron chi connectivity index (χ4n) is 1.32. The summed E-state index contributed by atoms with van der Waals surface area (Å²) in [5.74, 6) is 0.198. The van der Waals surface area contributed by atoms with Gasteiger partial charge in [-0.25, -0.2) is 0 Å². The molecule has 0 aliphatic heterocycles. The first kappa shape index (κ1) is 12.7. The minimum Gasteiger partial charge on any atom is -0.480 e. The maximum atomic E-state index is 10.8. The predicted molar refractivity (Wildman–Crippen MR) is 67.1 cm³/mol. The molecule has 0 amide bonds. The SMILES string of the molecule is Cc1ccc([N+](=O)[O-])c(OCc2nnsc2Cl)c1. The number of benzene rings is 1. The van der Waals surface area contributed by atoms with Crippen LogP contribution in [0, 0.1) is 17.0 Å². The monoisotopic (exact) mass is 285 g/mol. The molecule has 0 saturated heterocycles. The third-order valence-electron chi connectivity index (χ3n) is 2.19. The van der Waals surface area contributed by atoms with Crippen LogP contribution in [0.5, 0.6) is 5.75 Å². The van der Waals surface area contributed by atoms with Gasteiger partial charge in [-0.05, 0) is 18.6 Å². The van der Waals surface area contributed by atoms with Gasteiger partial charge in [-0.1, -0.05) is 22.2 Å². The molecule has 1 aromatic carbocycles. The molecule has 0 bridgehead atoms. The molecule has 1 aromatic heterocycles. The molecule has 0 aliphatic rings. The van der Waals surface area contributed by atoms with Gasteiger partial charge in [0.1, 0.15) is 16.6 Å². The molecule has 1 heterocycles. The molecule has 0 radical (unpaired) electrons. The molecule has 0 atom stereocenters. The van der Waals surface area contributed by atoms with E-state index in [9.17, 15) is 10.1 Å². The summed E-state index contributed by atoms with van der Waals surface area (Å²) in [6.45, 7) is 1.88. The predicted octanol–water partition coefficient (Wildman–Crippen LogP) is 2.99. The van der Waals surface area contributed by atoms with E-state index in [1.54, 1.807) is 12.1 Å². The van der Waals surface area contributed by atoms with Gasteiger partial charge < -0.3 is 4.74 Å². The van der Waals surface area contributed by atoms with Gasteiger partial charge in [0, 0.05) is 17.6 Å². The fraction of sp³-hybridized carbons (Fsp3) is 0.200. The third kappa shape index (κ3) is 2.74. The van der Waals surface area contributed by atoms with Crippen molar-refractivity contribution in [2.24, 2.45) is 0 Å². The molecule has 0 fully saturated rings. The summed E-state index contributed by atoms with van der Waals surface area (Å²) in [5, 5.41) is 14.6. The Morgan fingerprint density at radius 3 is 2.94 bits per heavy atom. The van der Waals surface area contributed by atoms with Crippen LogP contribution in [0.3, 0.4) is 0 Å². The van der Waals surface area contributed by atoms with Crippen molar-refractivity contribution in [3.63, 3.8) is 0 Å². The Bertz CT molecular complexity index is 587. The number of halogens is 1. The number of hydrogen-bond donors (Lipinski definition) is 0. The maximum absolute atomic E-state index is 10.8. The van der Waals surface area contributed by atoms with Crippen molar-refractivity contribution in [3.8, 4) is 5.75 Å². The van der Waals surface area contributed by atoms with Crippen LogP contribution in [0.4, 0.5) is 5.69 Å². The lowest BCUT2D eigenvalue weighted by Gasteiger charge is -2.05. The van der Waals surface area contributed by atoms with Gasteiger partial charge >= 0.3 is 5.69 Å². The van der Waals surface area contributed by atoms with Crippen molar-refractivity contribution in [1.82, 2.24) is 9.59 Å². The molecule has 2 aromatic rings. The minimum atomic E-state index is -0.490. The highest BCUT2D eigenvalue weighted by Crippen LogP contribution is 2.29. The van der Waals surface area contributed by atoms with Crippen molar-refractivity contribution in [1.29, 1.82) is 0 Å². The van der Waals surface area contributed by atoms with E-state index in [1.807, 2.05) is 6.92 Å². The van der Waals surface area contributed by atoms with Crippen LogP contribution in [0.25, 0.3) is 0 Å². The molecule has 0 spiro atoms. The molecule has 0 N–H and O–H groups in total. The van der Waals surface area contributed by atoms with Gasteiger partial charge in [0.15, 0.2) is 5.75 Å². The number of ether oxygens (including phenoxy) is 1. The third-order valence-corrected chi connectivity index (χ3v) is 3.17. The highest BCUT2D eigenvalue weighted by atomic mass is 35.5. The van der Waals surface area contributed by atoms with E-state index in [0.717, 1.165) is 17.1 Å². The number of rotatable bonds is 4. The van der Waals surface area contributed by atoms with E-state index in [-0.39, 0.29) is 18.0 Å². The zero-order valence-electron chi connectivity index (χ0n) is 9.29. The van der Waals surface area contributed by atoms with Crippen LogP contribution in [0.1, 0.15) is 11.3 Å². The lowest BCUT2D eigenvalue weighted by atomic mass is 10.2. The number of hydrogen-bond acceptors (Lipinski definition) is 6. The van der Waals surface area contributed by atoms with Crippen molar-refractivity contribution in [3.05, 3.63) is 43.9 Å². The van der Waals surface area contributed by atoms with Gasteiger partial charge in [-0.3, -0.25) is 10.1 Å². The number of aromatic nitrogens is 2. The summed E-state index contributed by atoms with van der Waals surface area (Å²) < 4.78 is 9.46. The molecular formula is C10H8ClN3O3S. The second-order valence-electron chi connectivity index (χ2n) is 3.51. The van der Waals surface area contributed by atoms with Crippen LogP contribution >= 0.6 is 23.1 Å². The first-order chi connectivity index (χ1) is 8.58. The molecule has 0 saturated carbocycles. The summed E-state index contributed by atoms with van der Waals surface area (Å²) in [6.07, 6.45) is 0. The van der Waals surface area contributed by atoms with Crippen LogP contribution in [-0.2, 0) is 6.61 Å². The molecular weight excluding hydrogens is 278 g/mol. The lowest BCUT2D eigenvalue weighted by Crippen LogP contribution is -2.00. The van der Waals surface area contributed by atoms with Gasteiger partial charge in [0.2, 0.25) is 0 Å². The Hall–Kier alpha value is -1.73. The van der Waals surface area contributed by atoms with E-state index in [4.69, 9.17) is 16.3 Å². The Morgan fingerprint density at radius 2 is 2.33 bits per heavy atom. The Balaban J connectivity index is 2.20. The molecule has 94 valence electrons. The quantitative estimate of drug-likeness (QED) is 0.637. The average molecular weight is 286 g/mol. The molecule has 8 heteroatoms. The van der Waals surface area contributed by atoms with E-state index in [2.05, 4.69) is 9.59 Å². The standard InChI is InChI=1S/C10H8ClN3O3S/c1-6-2-3-8(14(15)16)9(4-6)17-5-7-10(11)18-13-12-7/h2-4H,5H2,1H3. The molecule has 6 nitrogen and oxygen atoms in total. The van der Waals surface area contributed by atoms with E-state index in [1.165, 1.54) is 6.07 Å². The number of nitro benzene ring substituents is 1. The summed E-state index contributed by atoms with van der Waals surface area (Å²) >= 11 is 6.86. The summed E-state index contributed by atoms with van der Waals surface area (Å²) in [4.78, 5) is 10.3. The van der Waals surface area contributed by atoms with Gasteiger partial charge in [0.25, 0.3) is 0 Å². The zero-order valence-corrected chi connectivity index (χ0v) is 10.9. The molecule has 2 rings (SSSR count). The van der Waals surface area contributed by atoms with Crippen molar-refractivity contribution >= 4 is 28.8 Å². The van der Waals surface area contributed by atoms with Crippen LogP contribution in [0.2, 0.25) is 4.34 Å². The highest BCUT2D eigenvalue weighted by Gasteiger charge is 2.16. The van der Waals surface area contributed by atoms with Gasteiger partial charge in [-0.15, -0.1) is 5.10 Å². The molecule has 0 unspecified atom stereocenters. The Kier molecular flexibility index (Phi) is 3.73. The van der Waals surface area contributed by atoms with Crippen molar-refractivity contribution in [2.75, 3.05) is 0 Å². The van der Waals surface area contributed by atoms with Crippen molar-refractivity contribution in [2.45, 2.75) is 13.5 Å². The zero-order chi connectivity index (χ0) is 13.1. The lowest BCUT2D eigenvalue weighted by molar-refractivity contribution is -0.386. The normalized spacial score (nSPS) is 10.3. The first-order valence-corrected chi connectivity index (χ1v) is 6.07. The smallest absolute Gasteiger partial charge is 0.310 e. The average Bonchev–Trinajstić information content (AvgIpc) is 2.72. The minimum absolute atomic E-state index is 0.0552. The summed E-state index contributed by atoms with van der Waals surface area (Å²) in [7, 11) is 0. The number of aryl methyl sites for hydroxylation is 1. The maximum Gasteiger partial charge on any atom is 0.310 e. The highest BCUT2D eigenvalue weighted by molar-refractivity contribution is 7.10. The van der Waals surface area contributed by atoms with Gasteiger partial charge in [0.05, 0.1) is 4.92 Å². The largest absolute Gasteiger partial charge is 0.480 e. The second kappa shape index (κ2) is 5.28. The van der Waals surface area contributed by atoms with Crippen molar-refractivity contribution < 1.29 is 9.66 Å². The van der Waals surface area contributed by atoms with E-state index >= 15 is 0 Å². The topological polar surface area (TPSA) is 78.2 Å². The van der Waals surface area contributed by atoms with Crippen LogP contribution < -0.4 is 4.74 Å². The summed E-state index contributed by atoms with van der Waals surface area (Å²) in [5.41, 5.74) is 1.26. The van der Waals surface area contributed by atoms with E-state index in [0.29, 0.717) is 10.0 Å². The number of nitrogens with zero attached hydrogens (tertiary/aromatic N) is 3. The van der Waals surface area contributed by atoms with Gasteiger partial charge in [-0.2, -0.15) is 0 Å².